The van der Waals surface area contributed by atoms with E-state index in [0.29, 0.717) is 6.54 Å². The maximum Gasteiger partial charge on any atom is 0.317 e. The number of urea groups is 1. The fourth-order valence-corrected chi connectivity index (χ4v) is 4.18. The lowest BCUT2D eigenvalue weighted by atomic mass is 10.1. The first-order valence-electron chi connectivity index (χ1n) is 7.22. The average molecular weight is 337 g/mol. The number of aromatic nitrogens is 3. The summed E-state index contributed by atoms with van der Waals surface area (Å²) in [6.07, 6.45) is 4.62. The second-order valence-electron chi connectivity index (χ2n) is 5.19. The summed E-state index contributed by atoms with van der Waals surface area (Å²) in [7, 11) is 1.90. The summed E-state index contributed by atoms with van der Waals surface area (Å²) < 4.78 is 1.78. The highest BCUT2D eigenvalue weighted by atomic mass is 32.2. The number of rotatable bonds is 4. The van der Waals surface area contributed by atoms with Crippen LogP contribution in [0, 0.1) is 0 Å². The number of nitrogens with one attached hydrogen (secondary N) is 1. The zero-order valence-electron chi connectivity index (χ0n) is 12.4. The Morgan fingerprint density at radius 1 is 1.55 bits per heavy atom. The first-order valence-corrected chi connectivity index (χ1v) is 9.31. The van der Waals surface area contributed by atoms with Gasteiger partial charge in [-0.25, -0.2) is 9.78 Å². The minimum Gasteiger partial charge on any atom is -0.338 e. The highest BCUT2D eigenvalue weighted by Crippen LogP contribution is 2.29. The van der Waals surface area contributed by atoms with Crippen LogP contribution >= 0.6 is 23.1 Å². The quantitative estimate of drug-likeness (QED) is 0.926. The summed E-state index contributed by atoms with van der Waals surface area (Å²) in [6.45, 7) is 1.39. The van der Waals surface area contributed by atoms with Crippen LogP contribution in [0.2, 0.25) is 0 Å². The molecule has 2 amide bonds. The standard InChI is InChI=1S/C14H19N5OS2/c1-18-7-11(6-17-18)13-9-21-5-4-19(13)14(20)15-3-2-12-8-22-10-16-12/h6-8,10,13H,2-5,9H2,1H3,(H,15,20). The van der Waals surface area contributed by atoms with Crippen LogP contribution in [-0.2, 0) is 13.5 Å². The van der Waals surface area contributed by atoms with Crippen molar-refractivity contribution in [3.05, 3.63) is 34.5 Å². The molecule has 0 bridgehead atoms. The van der Waals surface area contributed by atoms with E-state index in [9.17, 15) is 4.79 Å². The number of amides is 2. The van der Waals surface area contributed by atoms with Crippen molar-refractivity contribution in [2.24, 2.45) is 7.05 Å². The van der Waals surface area contributed by atoms with E-state index < -0.39 is 0 Å². The molecule has 0 aliphatic carbocycles. The largest absolute Gasteiger partial charge is 0.338 e. The molecule has 1 saturated heterocycles. The summed E-state index contributed by atoms with van der Waals surface area (Å²) in [5.41, 5.74) is 3.95. The Balaban J connectivity index is 1.59. The molecule has 1 aliphatic rings. The number of hydrogen-bond acceptors (Lipinski definition) is 5. The van der Waals surface area contributed by atoms with E-state index in [1.54, 1.807) is 16.0 Å². The van der Waals surface area contributed by atoms with E-state index >= 15 is 0 Å². The second kappa shape index (κ2) is 7.15. The van der Waals surface area contributed by atoms with E-state index in [-0.39, 0.29) is 12.1 Å². The van der Waals surface area contributed by atoms with E-state index in [2.05, 4.69) is 15.4 Å². The Hall–Kier alpha value is -1.54. The summed E-state index contributed by atoms with van der Waals surface area (Å²) in [5.74, 6) is 1.90. The lowest BCUT2D eigenvalue weighted by molar-refractivity contribution is 0.183. The Bertz CT molecular complexity index is 613. The average Bonchev–Trinajstić information content (AvgIpc) is 3.19. The lowest BCUT2D eigenvalue weighted by Gasteiger charge is -2.34. The van der Waals surface area contributed by atoms with Gasteiger partial charge in [-0.05, 0) is 0 Å². The summed E-state index contributed by atoms with van der Waals surface area (Å²) >= 11 is 3.46. The third kappa shape index (κ3) is 3.61. The minimum absolute atomic E-state index is 0.00406. The Morgan fingerprint density at radius 2 is 2.45 bits per heavy atom. The van der Waals surface area contributed by atoms with Crippen LogP contribution in [0.4, 0.5) is 4.79 Å². The number of carbonyl (C=O) groups excluding carboxylic acids is 1. The van der Waals surface area contributed by atoms with Gasteiger partial charge in [-0.3, -0.25) is 4.68 Å². The maximum absolute atomic E-state index is 12.5. The van der Waals surface area contributed by atoms with Crippen LogP contribution in [0.15, 0.2) is 23.3 Å². The molecule has 1 unspecified atom stereocenters. The SMILES string of the molecule is Cn1cc(C2CSCCN2C(=O)NCCc2cscn2)cn1. The van der Waals surface area contributed by atoms with E-state index in [1.165, 1.54) is 0 Å². The van der Waals surface area contributed by atoms with Crippen LogP contribution < -0.4 is 5.32 Å². The van der Waals surface area contributed by atoms with Gasteiger partial charge < -0.3 is 10.2 Å². The lowest BCUT2D eigenvalue weighted by Crippen LogP contribution is -2.46. The molecule has 1 fully saturated rings. The van der Waals surface area contributed by atoms with Gasteiger partial charge in [0.15, 0.2) is 0 Å². The molecular formula is C14H19N5OS2. The second-order valence-corrected chi connectivity index (χ2v) is 7.06. The van der Waals surface area contributed by atoms with Crippen molar-refractivity contribution in [1.82, 2.24) is 25.0 Å². The summed E-state index contributed by atoms with van der Waals surface area (Å²) in [5, 5.41) is 9.25. The molecule has 6 nitrogen and oxygen atoms in total. The molecule has 0 aromatic carbocycles. The Labute approximate surface area is 137 Å². The molecule has 22 heavy (non-hydrogen) atoms. The molecular weight excluding hydrogens is 318 g/mol. The Morgan fingerprint density at radius 3 is 3.18 bits per heavy atom. The molecule has 1 aliphatic heterocycles. The predicted octanol–water partition coefficient (Wildman–Crippen LogP) is 1.92. The Kier molecular flexibility index (Phi) is 4.99. The zero-order chi connectivity index (χ0) is 15.4. The monoisotopic (exact) mass is 337 g/mol. The van der Waals surface area contributed by atoms with Gasteiger partial charge in [-0.1, -0.05) is 0 Å². The van der Waals surface area contributed by atoms with Crippen molar-refractivity contribution >= 4 is 29.1 Å². The van der Waals surface area contributed by atoms with Crippen LogP contribution in [0.1, 0.15) is 17.3 Å². The van der Waals surface area contributed by atoms with Crippen LogP contribution in [0.3, 0.4) is 0 Å². The molecule has 0 radical (unpaired) electrons. The normalized spacial score (nSPS) is 18.4. The van der Waals surface area contributed by atoms with Gasteiger partial charge in [-0.2, -0.15) is 16.9 Å². The van der Waals surface area contributed by atoms with Crippen molar-refractivity contribution in [3.8, 4) is 0 Å². The molecule has 3 heterocycles. The molecule has 1 N–H and O–H groups in total. The van der Waals surface area contributed by atoms with Gasteiger partial charge in [0, 0.05) is 55.2 Å². The highest BCUT2D eigenvalue weighted by molar-refractivity contribution is 7.99. The molecule has 2 aromatic rings. The van der Waals surface area contributed by atoms with Gasteiger partial charge in [0.25, 0.3) is 0 Å². The first-order chi connectivity index (χ1) is 10.7. The van der Waals surface area contributed by atoms with Crippen molar-refractivity contribution in [2.45, 2.75) is 12.5 Å². The highest BCUT2D eigenvalue weighted by Gasteiger charge is 2.29. The van der Waals surface area contributed by atoms with E-state index in [0.717, 1.165) is 35.7 Å². The van der Waals surface area contributed by atoms with Crippen LogP contribution in [-0.4, -0.2) is 50.3 Å². The van der Waals surface area contributed by atoms with Gasteiger partial charge in [-0.15, -0.1) is 11.3 Å². The van der Waals surface area contributed by atoms with Crippen LogP contribution in [0.5, 0.6) is 0 Å². The zero-order valence-corrected chi connectivity index (χ0v) is 14.1. The topological polar surface area (TPSA) is 63.1 Å². The van der Waals surface area contributed by atoms with E-state index in [4.69, 9.17) is 0 Å². The van der Waals surface area contributed by atoms with Gasteiger partial charge in [0.2, 0.25) is 0 Å². The molecule has 3 rings (SSSR count). The van der Waals surface area contributed by atoms with Gasteiger partial charge in [0.05, 0.1) is 23.4 Å². The van der Waals surface area contributed by atoms with Crippen LogP contribution in [0.25, 0.3) is 0 Å². The third-order valence-electron chi connectivity index (χ3n) is 3.64. The molecule has 0 spiro atoms. The van der Waals surface area contributed by atoms with Crippen molar-refractivity contribution in [1.29, 1.82) is 0 Å². The fraction of sp³-hybridized carbons (Fsp3) is 0.500. The summed E-state index contributed by atoms with van der Waals surface area (Å²) in [4.78, 5) is 18.6. The van der Waals surface area contributed by atoms with Crippen molar-refractivity contribution in [3.63, 3.8) is 0 Å². The molecule has 1 atom stereocenters. The van der Waals surface area contributed by atoms with Crippen molar-refractivity contribution < 1.29 is 4.79 Å². The minimum atomic E-state index is 0.00406. The number of thioether (sulfide) groups is 1. The molecule has 8 heteroatoms. The first kappa shape index (κ1) is 15.4. The molecule has 0 saturated carbocycles. The predicted molar refractivity (Wildman–Crippen MR) is 89.2 cm³/mol. The van der Waals surface area contributed by atoms with E-state index in [1.807, 2.05) is 47.0 Å². The number of carbonyl (C=O) groups is 1. The smallest absolute Gasteiger partial charge is 0.317 e. The number of aryl methyl sites for hydroxylation is 1. The maximum atomic E-state index is 12.5. The van der Waals surface area contributed by atoms with Gasteiger partial charge >= 0.3 is 6.03 Å². The molecule has 2 aromatic heterocycles. The summed E-state index contributed by atoms with van der Waals surface area (Å²) in [6, 6.07) is 0.108. The third-order valence-corrected chi connectivity index (χ3v) is 5.30. The molecule has 118 valence electrons. The number of thiazole rings is 1. The van der Waals surface area contributed by atoms with Crippen molar-refractivity contribution in [2.75, 3.05) is 24.6 Å². The van der Waals surface area contributed by atoms with Gasteiger partial charge in [0.1, 0.15) is 0 Å². The number of hydrogen-bond donors (Lipinski definition) is 1. The fourth-order valence-electron chi connectivity index (χ4n) is 2.50. The number of nitrogens with zero attached hydrogens (tertiary/aromatic N) is 4.